The molecule has 0 fully saturated rings. The zero-order chi connectivity index (χ0) is 21.3. The Kier molecular flexibility index (Phi) is 5.45. The van der Waals surface area contributed by atoms with Crippen molar-refractivity contribution in [2.75, 3.05) is 19.5 Å². The molecule has 0 bridgehead atoms. The van der Waals surface area contributed by atoms with Gasteiger partial charge in [-0.1, -0.05) is 23.7 Å². The Morgan fingerprint density at radius 3 is 2.70 bits per heavy atom. The predicted molar refractivity (Wildman–Crippen MR) is 107 cm³/mol. The van der Waals surface area contributed by atoms with Crippen molar-refractivity contribution in [3.05, 3.63) is 65.0 Å². The molecule has 1 aliphatic heterocycles. The number of aromatic nitrogens is 3. The van der Waals surface area contributed by atoms with Crippen LogP contribution in [0, 0.1) is 0 Å². The number of para-hydroxylation sites is 1. The predicted octanol–water partition coefficient (Wildman–Crippen LogP) is 4.61. The van der Waals surface area contributed by atoms with Gasteiger partial charge in [0.1, 0.15) is 18.1 Å². The van der Waals surface area contributed by atoms with Crippen LogP contribution in [0.5, 0.6) is 17.2 Å². The van der Waals surface area contributed by atoms with E-state index in [1.807, 2.05) is 18.2 Å². The summed E-state index contributed by atoms with van der Waals surface area (Å²) in [6.45, 7) is -3.00. The summed E-state index contributed by atoms with van der Waals surface area (Å²) in [5.41, 5.74) is 1.67. The molecular weight excluding hydrogens is 418 g/mol. The molecular formula is C20H17ClF2N4O3. The third-order valence-electron chi connectivity index (χ3n) is 4.61. The number of hydrogen-bond donors (Lipinski definition) is 1. The van der Waals surface area contributed by atoms with Crippen molar-refractivity contribution >= 4 is 23.2 Å². The topological polar surface area (TPSA) is 70.4 Å². The molecule has 30 heavy (non-hydrogen) atoms. The highest BCUT2D eigenvalue weighted by Crippen LogP contribution is 2.41. The lowest BCUT2D eigenvalue weighted by Crippen LogP contribution is -2.21. The second-order valence-corrected chi connectivity index (χ2v) is 6.72. The number of allylic oxidation sites excluding steroid dienone is 1. The Morgan fingerprint density at radius 2 is 1.97 bits per heavy atom. The van der Waals surface area contributed by atoms with Gasteiger partial charge in [0.15, 0.2) is 11.5 Å². The van der Waals surface area contributed by atoms with Crippen molar-refractivity contribution < 1.29 is 23.0 Å². The fourth-order valence-electron chi connectivity index (χ4n) is 3.37. The number of anilines is 1. The first-order chi connectivity index (χ1) is 14.5. The van der Waals surface area contributed by atoms with Gasteiger partial charge < -0.3 is 19.5 Å². The van der Waals surface area contributed by atoms with Crippen LogP contribution in [0.4, 0.5) is 14.7 Å². The van der Waals surface area contributed by atoms with Gasteiger partial charge in [-0.05, 0) is 30.3 Å². The average Bonchev–Trinajstić information content (AvgIpc) is 3.20. The molecule has 0 radical (unpaired) electrons. The monoisotopic (exact) mass is 434 g/mol. The molecule has 4 rings (SSSR count). The zero-order valence-electron chi connectivity index (χ0n) is 16.0. The molecule has 2 heterocycles. The molecule has 1 atom stereocenters. The molecule has 156 valence electrons. The van der Waals surface area contributed by atoms with E-state index in [2.05, 4.69) is 20.1 Å². The number of hydrogen-bond acceptors (Lipinski definition) is 6. The maximum absolute atomic E-state index is 13.0. The van der Waals surface area contributed by atoms with E-state index >= 15 is 0 Å². The molecule has 0 saturated carbocycles. The van der Waals surface area contributed by atoms with Crippen LogP contribution >= 0.6 is 11.6 Å². The smallest absolute Gasteiger partial charge is 0.387 e. The van der Waals surface area contributed by atoms with Crippen LogP contribution in [-0.2, 0) is 0 Å². The van der Waals surface area contributed by atoms with Crippen molar-refractivity contribution in [3.63, 3.8) is 0 Å². The van der Waals surface area contributed by atoms with E-state index in [-0.39, 0.29) is 10.8 Å². The fraction of sp³-hybridized carbons (Fsp3) is 0.200. The van der Waals surface area contributed by atoms with Crippen molar-refractivity contribution in [3.8, 4) is 17.2 Å². The summed E-state index contributed by atoms with van der Waals surface area (Å²) >= 11 is 5.98. The molecule has 10 heteroatoms. The lowest BCUT2D eigenvalue weighted by Gasteiger charge is -2.26. The zero-order valence-corrected chi connectivity index (χ0v) is 16.7. The minimum absolute atomic E-state index is 0.0550. The minimum Gasteiger partial charge on any atom is -0.493 e. The Hall–Kier alpha value is -3.33. The first-order valence-electron chi connectivity index (χ1n) is 8.85. The van der Waals surface area contributed by atoms with E-state index in [0.29, 0.717) is 28.7 Å². The summed E-state index contributed by atoms with van der Waals surface area (Å²) in [7, 11) is 3.09. The van der Waals surface area contributed by atoms with E-state index in [9.17, 15) is 8.78 Å². The van der Waals surface area contributed by atoms with E-state index in [1.54, 1.807) is 37.1 Å². The Morgan fingerprint density at radius 1 is 1.13 bits per heavy atom. The third-order valence-corrected chi connectivity index (χ3v) is 4.84. The molecule has 3 aromatic rings. The maximum Gasteiger partial charge on any atom is 0.387 e. The second-order valence-electron chi connectivity index (χ2n) is 6.28. The maximum atomic E-state index is 13.0. The van der Waals surface area contributed by atoms with Gasteiger partial charge in [-0.3, -0.25) is 0 Å². The molecule has 0 unspecified atom stereocenters. The summed E-state index contributed by atoms with van der Waals surface area (Å²) in [6.07, 6.45) is 3.22. The molecule has 1 aromatic heterocycles. The van der Waals surface area contributed by atoms with Crippen LogP contribution in [0.2, 0.25) is 5.02 Å². The van der Waals surface area contributed by atoms with Crippen LogP contribution in [0.15, 0.2) is 48.8 Å². The van der Waals surface area contributed by atoms with Gasteiger partial charge in [0.25, 0.3) is 0 Å². The van der Waals surface area contributed by atoms with Gasteiger partial charge >= 0.3 is 6.61 Å². The number of rotatable bonds is 6. The molecule has 1 N–H and O–H groups in total. The largest absolute Gasteiger partial charge is 0.493 e. The van der Waals surface area contributed by atoms with Gasteiger partial charge in [0.2, 0.25) is 5.95 Å². The third kappa shape index (κ3) is 3.63. The van der Waals surface area contributed by atoms with E-state index < -0.39 is 12.7 Å². The quantitative estimate of drug-likeness (QED) is 0.611. The van der Waals surface area contributed by atoms with Crippen LogP contribution in [-0.4, -0.2) is 35.6 Å². The Balaban J connectivity index is 1.86. The van der Waals surface area contributed by atoms with Crippen molar-refractivity contribution in [2.24, 2.45) is 0 Å². The van der Waals surface area contributed by atoms with Crippen molar-refractivity contribution in [2.45, 2.75) is 12.7 Å². The number of fused-ring (bicyclic) bond motifs is 1. The van der Waals surface area contributed by atoms with Crippen molar-refractivity contribution in [1.29, 1.82) is 0 Å². The fourth-order valence-corrected chi connectivity index (χ4v) is 3.53. The lowest BCUT2D eigenvalue weighted by molar-refractivity contribution is -0.0500. The van der Waals surface area contributed by atoms with Crippen LogP contribution in [0.25, 0.3) is 5.70 Å². The number of alkyl halides is 2. The summed E-state index contributed by atoms with van der Waals surface area (Å²) < 4.78 is 43.2. The average molecular weight is 435 g/mol. The number of nitrogens with one attached hydrogen (secondary N) is 1. The molecule has 0 spiro atoms. The van der Waals surface area contributed by atoms with Crippen LogP contribution in [0.1, 0.15) is 17.2 Å². The standard InChI is InChI=1S/C20H17ClF2N4O3/c1-28-16-5-3-4-13(18(16)29-2)15-9-14(26-20-24-10-25-27(15)20)12-7-6-11(21)8-17(12)30-19(22)23/h3-10,15,19H,1-2H3,(H,24,25,26)/t15-/m0/s1. The molecule has 1 aliphatic rings. The highest BCUT2D eigenvalue weighted by molar-refractivity contribution is 6.30. The van der Waals surface area contributed by atoms with Gasteiger partial charge in [0.05, 0.1) is 19.9 Å². The van der Waals surface area contributed by atoms with Crippen molar-refractivity contribution in [1.82, 2.24) is 14.8 Å². The van der Waals surface area contributed by atoms with Crippen LogP contribution < -0.4 is 19.5 Å². The van der Waals surface area contributed by atoms with E-state index in [1.165, 1.54) is 12.4 Å². The number of methoxy groups -OCH3 is 2. The highest BCUT2D eigenvalue weighted by Gasteiger charge is 2.28. The molecule has 0 saturated heterocycles. The Labute approximate surface area is 175 Å². The minimum atomic E-state index is -3.00. The summed E-state index contributed by atoms with van der Waals surface area (Å²) in [5, 5.41) is 7.67. The molecule has 7 nitrogen and oxygen atoms in total. The second kappa shape index (κ2) is 8.19. The molecule has 2 aromatic carbocycles. The summed E-state index contributed by atoms with van der Waals surface area (Å²) in [4.78, 5) is 4.23. The summed E-state index contributed by atoms with van der Waals surface area (Å²) in [6, 6.07) is 9.57. The first-order valence-corrected chi connectivity index (χ1v) is 9.23. The number of halogens is 3. The van der Waals surface area contributed by atoms with Gasteiger partial charge in [0, 0.05) is 16.1 Å². The van der Waals surface area contributed by atoms with E-state index in [4.69, 9.17) is 21.1 Å². The normalized spacial score (nSPS) is 15.3. The van der Waals surface area contributed by atoms with Crippen LogP contribution in [0.3, 0.4) is 0 Å². The SMILES string of the molecule is COc1cccc([C@@H]2C=C(c3ccc(Cl)cc3OC(F)F)Nc3ncnn32)c1OC. The lowest BCUT2D eigenvalue weighted by atomic mass is 10.00. The number of ether oxygens (including phenoxy) is 3. The van der Waals surface area contributed by atoms with Gasteiger partial charge in [-0.25, -0.2) is 4.68 Å². The van der Waals surface area contributed by atoms with E-state index in [0.717, 1.165) is 5.56 Å². The Bertz CT molecular complexity index is 1100. The number of benzene rings is 2. The first kappa shape index (κ1) is 20.0. The van der Waals surface area contributed by atoms with Gasteiger partial charge in [-0.15, -0.1) is 0 Å². The summed E-state index contributed by atoms with van der Waals surface area (Å²) in [5.74, 6) is 1.46. The molecule has 0 amide bonds. The molecule has 0 aliphatic carbocycles. The number of nitrogens with zero attached hydrogens (tertiary/aromatic N) is 3. The highest BCUT2D eigenvalue weighted by atomic mass is 35.5. The van der Waals surface area contributed by atoms with Gasteiger partial charge in [-0.2, -0.15) is 18.9 Å².